The molecule has 102 valence electrons. The van der Waals surface area contributed by atoms with Crippen LogP contribution in [0.4, 0.5) is 5.69 Å². The van der Waals surface area contributed by atoms with Gasteiger partial charge >= 0.3 is 0 Å². The van der Waals surface area contributed by atoms with Crippen LogP contribution in [0.1, 0.15) is 42.8 Å². The van der Waals surface area contributed by atoms with Crippen molar-refractivity contribution in [2.24, 2.45) is 0 Å². The molecule has 19 heavy (non-hydrogen) atoms. The lowest BCUT2D eigenvalue weighted by Gasteiger charge is -2.15. The van der Waals surface area contributed by atoms with E-state index in [1.165, 1.54) is 11.3 Å². The summed E-state index contributed by atoms with van der Waals surface area (Å²) in [7, 11) is 0. The van der Waals surface area contributed by atoms with Gasteiger partial charge in [-0.05, 0) is 42.5 Å². The van der Waals surface area contributed by atoms with Gasteiger partial charge in [-0.25, -0.2) is 0 Å². The number of hydrogen-bond acceptors (Lipinski definition) is 3. The van der Waals surface area contributed by atoms with Gasteiger partial charge in [0.05, 0.1) is 4.88 Å². The summed E-state index contributed by atoms with van der Waals surface area (Å²) in [6.45, 7) is 4.24. The van der Waals surface area contributed by atoms with Gasteiger partial charge in [0, 0.05) is 16.4 Å². The fourth-order valence-electron chi connectivity index (χ4n) is 2.16. The van der Waals surface area contributed by atoms with Crippen LogP contribution in [-0.4, -0.2) is 11.9 Å². The van der Waals surface area contributed by atoms with E-state index in [0.29, 0.717) is 0 Å². The SMILES string of the molecule is CCCC(CC)NC(=O)c1cc2cc(N)ccc2s1. The van der Waals surface area contributed by atoms with Crippen molar-refractivity contribution in [3.63, 3.8) is 0 Å². The molecule has 0 aliphatic carbocycles. The molecule has 0 aliphatic rings. The Balaban J connectivity index is 2.17. The van der Waals surface area contributed by atoms with Crippen LogP contribution in [0.15, 0.2) is 24.3 Å². The van der Waals surface area contributed by atoms with E-state index in [1.807, 2.05) is 24.3 Å². The number of benzene rings is 1. The Kier molecular flexibility index (Phi) is 4.43. The van der Waals surface area contributed by atoms with Crippen LogP contribution < -0.4 is 11.1 Å². The Morgan fingerprint density at radius 2 is 2.16 bits per heavy atom. The molecule has 0 saturated heterocycles. The number of hydrogen-bond donors (Lipinski definition) is 2. The minimum Gasteiger partial charge on any atom is -0.399 e. The highest BCUT2D eigenvalue weighted by Crippen LogP contribution is 2.27. The predicted octanol–water partition coefficient (Wildman–Crippen LogP) is 3.79. The van der Waals surface area contributed by atoms with Crippen molar-refractivity contribution in [3.05, 3.63) is 29.1 Å². The summed E-state index contributed by atoms with van der Waals surface area (Å²) >= 11 is 1.52. The van der Waals surface area contributed by atoms with E-state index in [-0.39, 0.29) is 11.9 Å². The van der Waals surface area contributed by atoms with Gasteiger partial charge in [-0.1, -0.05) is 20.3 Å². The molecule has 4 heteroatoms. The molecular weight excluding hydrogens is 256 g/mol. The largest absolute Gasteiger partial charge is 0.399 e. The van der Waals surface area contributed by atoms with Gasteiger partial charge in [0.2, 0.25) is 0 Å². The Hall–Kier alpha value is -1.55. The summed E-state index contributed by atoms with van der Waals surface area (Å²) in [5, 5.41) is 4.14. The summed E-state index contributed by atoms with van der Waals surface area (Å²) in [5.74, 6) is 0.0278. The number of fused-ring (bicyclic) bond motifs is 1. The molecule has 3 N–H and O–H groups in total. The van der Waals surface area contributed by atoms with E-state index in [2.05, 4.69) is 19.2 Å². The lowest BCUT2D eigenvalue weighted by Crippen LogP contribution is -2.33. The van der Waals surface area contributed by atoms with Gasteiger partial charge in [-0.2, -0.15) is 0 Å². The molecule has 3 nitrogen and oxygen atoms in total. The first-order valence-corrected chi connectivity index (χ1v) is 7.55. The monoisotopic (exact) mass is 276 g/mol. The third-order valence-electron chi connectivity index (χ3n) is 3.23. The molecule has 2 rings (SSSR count). The number of amides is 1. The van der Waals surface area contributed by atoms with Crippen LogP contribution in [0.5, 0.6) is 0 Å². The highest BCUT2D eigenvalue weighted by molar-refractivity contribution is 7.20. The average Bonchev–Trinajstić information content (AvgIpc) is 2.81. The van der Waals surface area contributed by atoms with Gasteiger partial charge in [0.1, 0.15) is 0 Å². The molecule has 1 aromatic heterocycles. The maximum absolute atomic E-state index is 12.2. The topological polar surface area (TPSA) is 55.1 Å². The van der Waals surface area contributed by atoms with Crippen molar-refractivity contribution in [2.45, 2.75) is 39.2 Å². The number of carbonyl (C=O) groups is 1. The highest BCUT2D eigenvalue weighted by Gasteiger charge is 2.14. The van der Waals surface area contributed by atoms with Crippen LogP contribution >= 0.6 is 11.3 Å². The van der Waals surface area contributed by atoms with Crippen LogP contribution in [-0.2, 0) is 0 Å². The second-order valence-corrected chi connectivity index (χ2v) is 5.86. The third-order valence-corrected chi connectivity index (χ3v) is 4.34. The Bertz CT molecular complexity index is 577. The molecule has 1 atom stereocenters. The summed E-state index contributed by atoms with van der Waals surface area (Å²) in [6, 6.07) is 7.94. The third kappa shape index (κ3) is 3.26. The predicted molar refractivity (Wildman–Crippen MR) is 82.7 cm³/mol. The van der Waals surface area contributed by atoms with E-state index in [4.69, 9.17) is 5.73 Å². The van der Waals surface area contributed by atoms with E-state index >= 15 is 0 Å². The first-order valence-electron chi connectivity index (χ1n) is 6.74. The number of nitrogens with two attached hydrogens (primary N) is 1. The van der Waals surface area contributed by atoms with Gasteiger partial charge < -0.3 is 11.1 Å². The maximum Gasteiger partial charge on any atom is 0.261 e. The molecule has 0 saturated carbocycles. The van der Waals surface area contributed by atoms with E-state index in [1.54, 1.807) is 0 Å². The van der Waals surface area contributed by atoms with Crippen molar-refractivity contribution in [2.75, 3.05) is 5.73 Å². The number of thiophene rings is 1. The molecule has 1 amide bonds. The summed E-state index contributed by atoms with van der Waals surface area (Å²) in [4.78, 5) is 13.0. The van der Waals surface area contributed by atoms with Crippen molar-refractivity contribution in [1.82, 2.24) is 5.32 Å². The standard InChI is InChI=1S/C15H20N2OS/c1-3-5-12(4-2)17-15(18)14-9-10-8-11(16)6-7-13(10)19-14/h6-9,12H,3-5,16H2,1-2H3,(H,17,18). The first kappa shape index (κ1) is 13.9. The lowest BCUT2D eigenvalue weighted by atomic mass is 10.1. The number of anilines is 1. The van der Waals surface area contributed by atoms with Crippen molar-refractivity contribution in [1.29, 1.82) is 0 Å². The Morgan fingerprint density at radius 1 is 1.37 bits per heavy atom. The summed E-state index contributed by atoms with van der Waals surface area (Å²) in [5.41, 5.74) is 6.49. The van der Waals surface area contributed by atoms with Crippen molar-refractivity contribution >= 4 is 33.0 Å². The van der Waals surface area contributed by atoms with Gasteiger partial charge in [-0.3, -0.25) is 4.79 Å². The maximum atomic E-state index is 12.2. The minimum absolute atomic E-state index is 0.0278. The molecular formula is C15H20N2OS. The fraction of sp³-hybridized carbons (Fsp3) is 0.400. The molecule has 0 spiro atoms. The molecule has 2 aromatic rings. The first-order chi connectivity index (χ1) is 9.13. The van der Waals surface area contributed by atoms with E-state index in [9.17, 15) is 4.79 Å². The smallest absolute Gasteiger partial charge is 0.261 e. The second kappa shape index (κ2) is 6.06. The molecule has 1 heterocycles. The van der Waals surface area contributed by atoms with Crippen LogP contribution in [0.25, 0.3) is 10.1 Å². The number of carbonyl (C=O) groups excluding carboxylic acids is 1. The second-order valence-electron chi connectivity index (χ2n) is 4.78. The zero-order valence-electron chi connectivity index (χ0n) is 11.4. The quantitative estimate of drug-likeness (QED) is 0.816. The minimum atomic E-state index is 0.0278. The molecule has 0 fully saturated rings. The number of nitrogen functional groups attached to an aromatic ring is 1. The molecule has 0 bridgehead atoms. The Morgan fingerprint density at radius 3 is 2.84 bits per heavy atom. The molecule has 1 unspecified atom stereocenters. The van der Waals surface area contributed by atoms with E-state index in [0.717, 1.165) is 39.9 Å². The molecule has 1 aromatic carbocycles. The lowest BCUT2D eigenvalue weighted by molar-refractivity contribution is 0.0938. The number of nitrogens with one attached hydrogen (secondary N) is 1. The normalized spacial score (nSPS) is 12.5. The summed E-state index contributed by atoms with van der Waals surface area (Å²) < 4.78 is 1.10. The van der Waals surface area contributed by atoms with Crippen molar-refractivity contribution < 1.29 is 4.79 Å². The summed E-state index contributed by atoms with van der Waals surface area (Å²) in [6.07, 6.45) is 3.08. The zero-order chi connectivity index (χ0) is 13.8. The zero-order valence-corrected chi connectivity index (χ0v) is 12.2. The van der Waals surface area contributed by atoms with Crippen LogP contribution in [0.2, 0.25) is 0 Å². The van der Waals surface area contributed by atoms with E-state index < -0.39 is 0 Å². The van der Waals surface area contributed by atoms with Gasteiger partial charge in [-0.15, -0.1) is 11.3 Å². The average molecular weight is 276 g/mol. The van der Waals surface area contributed by atoms with Gasteiger partial charge in [0.25, 0.3) is 5.91 Å². The Labute approximate surface area is 117 Å². The highest BCUT2D eigenvalue weighted by atomic mass is 32.1. The van der Waals surface area contributed by atoms with Crippen LogP contribution in [0, 0.1) is 0 Å². The molecule has 0 aliphatic heterocycles. The number of rotatable bonds is 5. The van der Waals surface area contributed by atoms with Crippen molar-refractivity contribution in [3.8, 4) is 0 Å². The molecule has 0 radical (unpaired) electrons. The fourth-order valence-corrected chi connectivity index (χ4v) is 3.10. The van der Waals surface area contributed by atoms with Gasteiger partial charge in [0.15, 0.2) is 0 Å². The van der Waals surface area contributed by atoms with Crippen LogP contribution in [0.3, 0.4) is 0 Å².